The zero-order chi connectivity index (χ0) is 12.7. The summed E-state index contributed by atoms with van der Waals surface area (Å²) < 4.78 is 9.66. The summed E-state index contributed by atoms with van der Waals surface area (Å²) in [5.74, 6) is -0.812. The van der Waals surface area contributed by atoms with Crippen LogP contribution in [0.1, 0.15) is 29.1 Å². The number of nitrogens with one attached hydrogen (secondary N) is 1. The standard InChI is InChI=1S/C10H14N2O5/c1-16-6-7-5-8(12-17-7)10(15)11-4-2-3-9(13)14/h5H,2-4,6H2,1H3,(H,11,15)(H,13,14). The third-order valence-electron chi connectivity index (χ3n) is 1.93. The lowest BCUT2D eigenvalue weighted by atomic mass is 10.3. The zero-order valence-corrected chi connectivity index (χ0v) is 9.43. The number of carbonyl (C=O) groups excluding carboxylic acids is 1. The molecule has 1 amide bonds. The molecule has 7 nitrogen and oxygen atoms in total. The van der Waals surface area contributed by atoms with Crippen LogP contribution < -0.4 is 5.32 Å². The van der Waals surface area contributed by atoms with Crippen molar-refractivity contribution in [2.24, 2.45) is 0 Å². The van der Waals surface area contributed by atoms with Gasteiger partial charge in [0.2, 0.25) is 0 Å². The molecule has 0 saturated heterocycles. The van der Waals surface area contributed by atoms with E-state index in [1.807, 2.05) is 0 Å². The molecular formula is C10H14N2O5. The summed E-state index contributed by atoms with van der Waals surface area (Å²) in [7, 11) is 1.51. The van der Waals surface area contributed by atoms with E-state index >= 15 is 0 Å². The molecule has 0 unspecified atom stereocenters. The smallest absolute Gasteiger partial charge is 0.303 e. The number of aliphatic carboxylic acids is 1. The van der Waals surface area contributed by atoms with Crippen molar-refractivity contribution in [2.75, 3.05) is 13.7 Å². The van der Waals surface area contributed by atoms with Crippen LogP contribution >= 0.6 is 0 Å². The monoisotopic (exact) mass is 242 g/mol. The number of ether oxygens (including phenoxy) is 1. The first-order valence-corrected chi connectivity index (χ1v) is 5.08. The van der Waals surface area contributed by atoms with E-state index in [4.69, 9.17) is 14.4 Å². The molecule has 1 aromatic heterocycles. The summed E-state index contributed by atoms with van der Waals surface area (Å²) in [6, 6.07) is 1.48. The van der Waals surface area contributed by atoms with Gasteiger partial charge in [-0.25, -0.2) is 0 Å². The summed E-state index contributed by atoms with van der Waals surface area (Å²) >= 11 is 0. The average molecular weight is 242 g/mol. The third kappa shape index (κ3) is 4.64. The fraction of sp³-hybridized carbons (Fsp3) is 0.500. The number of amides is 1. The molecule has 0 bridgehead atoms. The van der Waals surface area contributed by atoms with E-state index in [2.05, 4.69) is 10.5 Å². The average Bonchev–Trinajstić information content (AvgIpc) is 2.73. The van der Waals surface area contributed by atoms with Crippen LogP contribution in [0.25, 0.3) is 0 Å². The minimum atomic E-state index is -0.886. The van der Waals surface area contributed by atoms with Gasteiger partial charge in [0.25, 0.3) is 5.91 Å². The molecular weight excluding hydrogens is 228 g/mol. The van der Waals surface area contributed by atoms with Gasteiger partial charge in [-0.1, -0.05) is 5.16 Å². The topological polar surface area (TPSA) is 102 Å². The Bertz CT molecular complexity index is 388. The predicted molar refractivity (Wildman–Crippen MR) is 56.4 cm³/mol. The van der Waals surface area contributed by atoms with Crippen molar-refractivity contribution in [1.29, 1.82) is 0 Å². The van der Waals surface area contributed by atoms with Crippen molar-refractivity contribution in [3.8, 4) is 0 Å². The molecule has 0 aliphatic rings. The second-order valence-corrected chi connectivity index (χ2v) is 3.36. The van der Waals surface area contributed by atoms with E-state index in [9.17, 15) is 9.59 Å². The van der Waals surface area contributed by atoms with Crippen molar-refractivity contribution in [3.05, 3.63) is 17.5 Å². The molecule has 0 aliphatic heterocycles. The highest BCUT2D eigenvalue weighted by Crippen LogP contribution is 2.04. The molecule has 0 atom stereocenters. The van der Waals surface area contributed by atoms with Gasteiger partial charge < -0.3 is 19.7 Å². The first kappa shape index (κ1) is 13.2. The van der Waals surface area contributed by atoms with Gasteiger partial charge in [-0.05, 0) is 6.42 Å². The molecule has 2 N–H and O–H groups in total. The normalized spacial score (nSPS) is 10.2. The lowest BCUT2D eigenvalue weighted by Crippen LogP contribution is -2.25. The Morgan fingerprint density at radius 3 is 3.00 bits per heavy atom. The Morgan fingerprint density at radius 2 is 2.35 bits per heavy atom. The quantitative estimate of drug-likeness (QED) is 0.672. The van der Waals surface area contributed by atoms with E-state index in [1.54, 1.807) is 0 Å². The highest BCUT2D eigenvalue weighted by molar-refractivity contribution is 5.92. The van der Waals surface area contributed by atoms with Gasteiger partial charge in [-0.3, -0.25) is 9.59 Å². The maximum absolute atomic E-state index is 11.5. The molecule has 17 heavy (non-hydrogen) atoms. The van der Waals surface area contributed by atoms with Gasteiger partial charge in [0.1, 0.15) is 6.61 Å². The third-order valence-corrected chi connectivity index (χ3v) is 1.93. The number of carboxylic acid groups (broad SMARTS) is 1. The summed E-state index contributed by atoms with van der Waals surface area (Å²) in [6.07, 6.45) is 0.401. The fourth-order valence-corrected chi connectivity index (χ4v) is 1.16. The molecule has 1 aromatic rings. The molecule has 0 saturated carbocycles. The van der Waals surface area contributed by atoms with Gasteiger partial charge in [0, 0.05) is 26.1 Å². The van der Waals surface area contributed by atoms with E-state index in [1.165, 1.54) is 13.2 Å². The number of rotatable bonds is 7. The van der Waals surface area contributed by atoms with Crippen LogP contribution in [-0.4, -0.2) is 35.8 Å². The summed E-state index contributed by atoms with van der Waals surface area (Å²) in [5.41, 5.74) is 0.160. The molecule has 0 radical (unpaired) electrons. The Hall–Kier alpha value is -1.89. The van der Waals surface area contributed by atoms with E-state index in [-0.39, 0.29) is 31.2 Å². The molecule has 7 heteroatoms. The van der Waals surface area contributed by atoms with Gasteiger partial charge in [0.05, 0.1) is 0 Å². The maximum Gasteiger partial charge on any atom is 0.303 e. The van der Waals surface area contributed by atoms with Gasteiger partial charge in [0.15, 0.2) is 11.5 Å². The van der Waals surface area contributed by atoms with Crippen LogP contribution in [0.3, 0.4) is 0 Å². The molecule has 0 spiro atoms. The number of aromatic nitrogens is 1. The second-order valence-electron chi connectivity index (χ2n) is 3.36. The second kappa shape index (κ2) is 6.64. The van der Waals surface area contributed by atoms with Crippen molar-refractivity contribution in [3.63, 3.8) is 0 Å². The van der Waals surface area contributed by atoms with Crippen molar-refractivity contribution >= 4 is 11.9 Å². The number of hydrogen-bond donors (Lipinski definition) is 2. The Labute approximate surface area is 97.7 Å². The summed E-state index contributed by atoms with van der Waals surface area (Å²) in [6.45, 7) is 0.539. The van der Waals surface area contributed by atoms with Crippen LogP contribution in [0.15, 0.2) is 10.6 Å². The molecule has 0 fully saturated rings. The molecule has 1 rings (SSSR count). The summed E-state index contributed by atoms with van der Waals surface area (Å²) in [4.78, 5) is 21.7. The first-order chi connectivity index (χ1) is 8.13. The largest absolute Gasteiger partial charge is 0.481 e. The lowest BCUT2D eigenvalue weighted by molar-refractivity contribution is -0.137. The predicted octanol–water partition coefficient (Wildman–Crippen LogP) is 0.416. The van der Waals surface area contributed by atoms with Crippen LogP contribution in [0.4, 0.5) is 0 Å². The Balaban J connectivity index is 2.33. The highest BCUT2D eigenvalue weighted by atomic mass is 16.5. The highest BCUT2D eigenvalue weighted by Gasteiger charge is 2.11. The minimum Gasteiger partial charge on any atom is -0.481 e. The van der Waals surface area contributed by atoms with Crippen molar-refractivity contribution in [1.82, 2.24) is 10.5 Å². The fourth-order valence-electron chi connectivity index (χ4n) is 1.16. The number of carboxylic acids is 1. The van der Waals surface area contributed by atoms with Gasteiger partial charge >= 0.3 is 5.97 Å². The van der Waals surface area contributed by atoms with Gasteiger partial charge in [-0.15, -0.1) is 0 Å². The van der Waals surface area contributed by atoms with Crippen LogP contribution in [-0.2, 0) is 16.1 Å². The lowest BCUT2D eigenvalue weighted by Gasteiger charge is -1.99. The number of carbonyl (C=O) groups is 2. The number of nitrogens with zero attached hydrogens (tertiary/aromatic N) is 1. The number of hydrogen-bond acceptors (Lipinski definition) is 5. The number of methoxy groups -OCH3 is 1. The van der Waals surface area contributed by atoms with Crippen LogP contribution in [0.5, 0.6) is 0 Å². The van der Waals surface area contributed by atoms with Crippen LogP contribution in [0.2, 0.25) is 0 Å². The van der Waals surface area contributed by atoms with E-state index in [0.29, 0.717) is 12.2 Å². The SMILES string of the molecule is COCc1cc(C(=O)NCCCC(=O)O)no1. The van der Waals surface area contributed by atoms with Crippen LogP contribution in [0, 0.1) is 0 Å². The van der Waals surface area contributed by atoms with Gasteiger partial charge in [-0.2, -0.15) is 0 Å². The van der Waals surface area contributed by atoms with E-state index in [0.717, 1.165) is 0 Å². The molecule has 1 heterocycles. The first-order valence-electron chi connectivity index (χ1n) is 5.08. The minimum absolute atomic E-state index is 0.0218. The molecule has 0 aromatic carbocycles. The Morgan fingerprint density at radius 1 is 1.59 bits per heavy atom. The van der Waals surface area contributed by atoms with Crippen molar-refractivity contribution < 1.29 is 24.0 Å². The maximum atomic E-state index is 11.5. The zero-order valence-electron chi connectivity index (χ0n) is 9.43. The van der Waals surface area contributed by atoms with E-state index < -0.39 is 5.97 Å². The molecule has 0 aliphatic carbocycles. The summed E-state index contributed by atoms with van der Waals surface area (Å²) in [5, 5.41) is 14.5. The van der Waals surface area contributed by atoms with Crippen molar-refractivity contribution in [2.45, 2.75) is 19.4 Å². The Kier molecular flexibility index (Phi) is 5.15. The molecule has 94 valence electrons.